The first kappa shape index (κ1) is 34.9. The molecule has 7 heteroatoms. The Morgan fingerprint density at radius 1 is 0.903 bits per heavy atom. The van der Waals surface area contributed by atoms with Gasteiger partial charge >= 0.3 is 30.2 Å². The third kappa shape index (κ3) is 10.2. The van der Waals surface area contributed by atoms with Gasteiger partial charge in [-0.3, -0.25) is 0 Å². The Labute approximate surface area is 219 Å². The third-order valence-electron chi connectivity index (χ3n) is 3.92. The Morgan fingerprint density at radius 2 is 1.35 bits per heavy atom. The first-order valence-electron chi connectivity index (χ1n) is 8.80. The van der Waals surface area contributed by atoms with Gasteiger partial charge in [0.05, 0.1) is 7.11 Å². The fraction of sp³-hybridized carbons (Fsp3) is 0.208. The molecule has 0 amide bonds. The average Bonchev–Trinajstić information content (AvgIpc) is 3.26. The van der Waals surface area contributed by atoms with Gasteiger partial charge in [-0.25, -0.2) is 6.08 Å². The molecule has 0 bridgehead atoms. The third-order valence-corrected chi connectivity index (χ3v) is 4.74. The van der Waals surface area contributed by atoms with E-state index in [4.69, 9.17) is 9.16 Å². The largest absolute Gasteiger partial charge is 0.126 e. The first-order valence-corrected chi connectivity index (χ1v) is 16.4. The summed E-state index contributed by atoms with van der Waals surface area (Å²) in [4.78, 5) is 0. The molecule has 3 aromatic carbocycles. The van der Waals surface area contributed by atoms with Gasteiger partial charge in [0.1, 0.15) is 0 Å². The van der Waals surface area contributed by atoms with Gasteiger partial charge in [0, 0.05) is 0 Å². The zero-order valence-corrected chi connectivity index (χ0v) is 25.2. The second-order valence-electron chi connectivity index (χ2n) is 7.02. The summed E-state index contributed by atoms with van der Waals surface area (Å²) in [5.41, 5.74) is 0. The van der Waals surface area contributed by atoms with Crippen LogP contribution >= 0.6 is 24.8 Å². The molecule has 4 rings (SSSR count). The van der Waals surface area contributed by atoms with Gasteiger partial charge in [-0.2, -0.15) is 0 Å². The summed E-state index contributed by atoms with van der Waals surface area (Å²) < 4.78 is 10.9. The van der Waals surface area contributed by atoms with Crippen LogP contribution in [0.1, 0.15) is 6.42 Å². The van der Waals surface area contributed by atoms with Crippen molar-refractivity contribution in [3.05, 3.63) is 93.1 Å². The van der Waals surface area contributed by atoms with E-state index in [2.05, 4.69) is 87.2 Å². The molecular weight excluding hydrogens is 539 g/mol. The number of benzene rings is 2. The second kappa shape index (κ2) is 16.9. The molecule has 2 radical (unpaired) electrons. The number of halogens is 2. The summed E-state index contributed by atoms with van der Waals surface area (Å²) in [6.45, 7) is 9.50. The molecule has 31 heavy (non-hydrogen) atoms. The Hall–Kier alpha value is -0.713. The molecule has 0 unspecified atom stereocenters. The molecule has 1 aliphatic carbocycles. The van der Waals surface area contributed by atoms with Crippen LogP contribution in [-0.4, -0.2) is 22.3 Å². The van der Waals surface area contributed by atoms with Crippen molar-refractivity contribution in [3.63, 3.8) is 0 Å². The van der Waals surface area contributed by atoms with Gasteiger partial charge in [0.15, 0.2) is 0 Å². The number of hydrogen-bond acceptors (Lipinski definition) is 2. The molecule has 3 aromatic rings. The molecular formula is C24H32Cl2O2Si2Zr-4. The predicted octanol–water partition coefficient (Wildman–Crippen LogP) is 7.53. The molecule has 0 saturated carbocycles. The van der Waals surface area contributed by atoms with E-state index in [1.54, 1.807) is 7.11 Å². The summed E-state index contributed by atoms with van der Waals surface area (Å²) in [7, 11) is 0.158. The Morgan fingerprint density at radius 3 is 1.77 bits per heavy atom. The van der Waals surface area contributed by atoms with E-state index in [0.29, 0.717) is 0 Å². The van der Waals surface area contributed by atoms with E-state index >= 15 is 0 Å². The molecule has 1 aliphatic rings. The van der Waals surface area contributed by atoms with Gasteiger partial charge in [0.2, 0.25) is 8.32 Å². The number of methoxy groups -OCH3 is 1. The van der Waals surface area contributed by atoms with Gasteiger partial charge in [0.25, 0.3) is 0 Å². The van der Waals surface area contributed by atoms with Crippen LogP contribution in [-0.2, 0) is 32.5 Å². The van der Waals surface area contributed by atoms with E-state index < -0.39 is 8.32 Å². The quantitative estimate of drug-likeness (QED) is 0.239. The number of fused-ring (bicyclic) bond motifs is 3. The van der Waals surface area contributed by atoms with Crippen LogP contribution in [0.3, 0.4) is 0 Å². The molecule has 0 N–H and O–H groups in total. The van der Waals surface area contributed by atoms with E-state index in [1.165, 1.54) is 44.9 Å². The topological polar surface area (TPSA) is 18.5 Å². The standard InChI is InChI=1S/C13H9.C9H15O2Si.2CH3.2ClH.Si.Zr/c1-3-7-12-10(5-1)9-11-6-2-4-8-13(11)12;1-10-8-6-5-7-9(8)11-12(2,3)4;;;;;;/h1-9H;6H,5H2,1-4H3;2*1H3;2*1H;;/q4*-1;;;;. The van der Waals surface area contributed by atoms with Crippen molar-refractivity contribution < 1.29 is 32.5 Å². The molecule has 0 aromatic heterocycles. The summed E-state index contributed by atoms with van der Waals surface area (Å²) in [5.74, 6) is 1.63. The van der Waals surface area contributed by atoms with Crippen molar-refractivity contribution in [2.45, 2.75) is 26.1 Å². The van der Waals surface area contributed by atoms with Crippen molar-refractivity contribution >= 4 is 61.6 Å². The molecule has 0 saturated heterocycles. The maximum atomic E-state index is 5.75. The fourth-order valence-electron chi connectivity index (χ4n) is 2.89. The normalized spacial score (nSPS) is 11.3. The van der Waals surface area contributed by atoms with Crippen LogP contribution < -0.4 is 0 Å². The monoisotopic (exact) mass is 568 g/mol. The van der Waals surface area contributed by atoms with Gasteiger partial charge in [-0.15, -0.1) is 77.1 Å². The molecule has 0 heterocycles. The molecule has 170 valence electrons. The van der Waals surface area contributed by atoms with Crippen molar-refractivity contribution in [1.82, 2.24) is 0 Å². The maximum Gasteiger partial charge on any atom is -0.0771 e. The zero-order valence-electron chi connectivity index (χ0n) is 19.1. The van der Waals surface area contributed by atoms with Crippen LogP contribution in [0.4, 0.5) is 0 Å². The fourth-order valence-corrected chi connectivity index (χ4v) is 3.67. The number of ether oxygens (including phenoxy) is 1. The molecule has 0 atom stereocenters. The van der Waals surface area contributed by atoms with Gasteiger partial charge in [-0.1, -0.05) is 36.4 Å². The van der Waals surface area contributed by atoms with Crippen molar-refractivity contribution in [2.24, 2.45) is 0 Å². The van der Waals surface area contributed by atoms with E-state index in [9.17, 15) is 0 Å². The molecule has 0 aliphatic heterocycles. The minimum Gasteiger partial charge on any atom is -0.126 e. The Bertz CT molecular complexity index is 913. The zero-order chi connectivity index (χ0) is 19.9. The number of rotatable bonds is 3. The van der Waals surface area contributed by atoms with Crippen LogP contribution in [0.2, 0.25) is 19.6 Å². The molecule has 0 fully saturated rings. The SMILES string of the molecule is COC1=CC[C-]=C1O[Si](C)(C)C.Cl.Cl.[CH3-].[CH3-].[Si]=[Zr].c1ccc2c(c1)[cH-]c1ccccc12. The predicted molar refractivity (Wildman–Crippen MR) is 141 cm³/mol. The van der Waals surface area contributed by atoms with Gasteiger partial charge in [-0.05, 0) is 31.2 Å². The average molecular weight is 571 g/mol. The van der Waals surface area contributed by atoms with E-state index in [0.717, 1.165) is 17.9 Å². The minimum absolute atomic E-state index is 0. The molecule has 2 nitrogen and oxygen atoms in total. The molecule has 0 spiro atoms. The summed E-state index contributed by atoms with van der Waals surface area (Å²) in [6, 6.07) is 19.3. The van der Waals surface area contributed by atoms with Gasteiger partial charge < -0.3 is 24.0 Å². The van der Waals surface area contributed by atoms with Crippen LogP contribution in [0.5, 0.6) is 0 Å². The van der Waals surface area contributed by atoms with Crippen molar-refractivity contribution in [3.8, 4) is 0 Å². The summed E-state index contributed by atoms with van der Waals surface area (Å²) in [6.07, 6.45) is 5.92. The van der Waals surface area contributed by atoms with Crippen LogP contribution in [0.25, 0.3) is 21.5 Å². The smallest absolute Gasteiger partial charge is 0.0771 e. The van der Waals surface area contributed by atoms with E-state index in [-0.39, 0.29) is 39.7 Å². The second-order valence-corrected chi connectivity index (χ2v) is 11.4. The Balaban J connectivity index is -0.000000420. The summed E-state index contributed by atoms with van der Waals surface area (Å²) in [5, 5.41) is 5.39. The maximum absolute atomic E-state index is 5.75. The van der Waals surface area contributed by atoms with Crippen molar-refractivity contribution in [2.75, 3.05) is 7.11 Å². The summed E-state index contributed by atoms with van der Waals surface area (Å²) >= 11 is 1.36. The van der Waals surface area contributed by atoms with Crippen molar-refractivity contribution in [1.29, 1.82) is 0 Å². The number of hydrogen-bond donors (Lipinski definition) is 0. The van der Waals surface area contributed by atoms with Crippen LogP contribution in [0, 0.1) is 20.9 Å². The van der Waals surface area contributed by atoms with Crippen LogP contribution in [0.15, 0.2) is 72.2 Å². The number of allylic oxidation sites excluding steroid dienone is 2. The van der Waals surface area contributed by atoms with E-state index in [1.807, 2.05) is 6.08 Å². The Kier molecular flexibility index (Phi) is 19.0. The first-order chi connectivity index (χ1) is 13.0. The minimum atomic E-state index is -1.50.